The zero-order valence-electron chi connectivity index (χ0n) is 19.2. The number of phenolic OH excluding ortho intramolecular Hbond substituents is 1. The number of benzene rings is 2. The molecule has 8 heteroatoms. The van der Waals surface area contributed by atoms with E-state index in [0.717, 1.165) is 16.2 Å². The molecule has 1 atom stereocenters. The molecule has 33 heavy (non-hydrogen) atoms. The summed E-state index contributed by atoms with van der Waals surface area (Å²) in [5.74, 6) is -0.0189. The van der Waals surface area contributed by atoms with Crippen molar-refractivity contribution in [2.45, 2.75) is 51.7 Å². The second-order valence-electron chi connectivity index (χ2n) is 7.51. The number of nitrogens with zero attached hydrogens (tertiary/aromatic N) is 1. The Labute approximate surface area is 200 Å². The van der Waals surface area contributed by atoms with Crippen LogP contribution in [0.15, 0.2) is 54.6 Å². The fourth-order valence-corrected chi connectivity index (χ4v) is 3.53. The van der Waals surface area contributed by atoms with Crippen LogP contribution in [0.25, 0.3) is 0 Å². The van der Waals surface area contributed by atoms with Crippen LogP contribution >= 0.6 is 11.6 Å². The molecule has 0 spiro atoms. The van der Waals surface area contributed by atoms with Crippen molar-refractivity contribution in [3.05, 3.63) is 65.7 Å². The van der Waals surface area contributed by atoms with Gasteiger partial charge in [-0.05, 0) is 49.4 Å². The summed E-state index contributed by atoms with van der Waals surface area (Å²) in [6.07, 6.45) is 0.873. The Kier molecular flexibility index (Phi) is 11.0. The number of aromatic hydroxyl groups is 1. The molecule has 0 radical (unpaired) electrons. The number of carbonyl (C=O) groups is 2. The standard InChI is InChI=1S/C25H32ClNO6/c1-3-25(23(29)31-4-2,18-20-12-14-22(28)15-13-20)27(33-17-9-8-16-26)24(30)32-19-21-10-6-5-7-11-21/h5-7,10-15,28H,3-4,8-9,16-19H2,1-2H3/t25-/m0/s1. The van der Waals surface area contributed by atoms with E-state index in [9.17, 15) is 14.7 Å². The number of hydroxylamine groups is 2. The summed E-state index contributed by atoms with van der Waals surface area (Å²) in [5.41, 5.74) is 0.0828. The Hall–Kier alpha value is -2.77. The van der Waals surface area contributed by atoms with E-state index in [0.29, 0.717) is 18.7 Å². The molecular formula is C25H32ClNO6. The summed E-state index contributed by atoms with van der Waals surface area (Å²) < 4.78 is 10.9. The monoisotopic (exact) mass is 477 g/mol. The maximum Gasteiger partial charge on any atom is 0.435 e. The van der Waals surface area contributed by atoms with Gasteiger partial charge in [0.05, 0.1) is 13.2 Å². The van der Waals surface area contributed by atoms with Crippen molar-refractivity contribution in [2.24, 2.45) is 0 Å². The van der Waals surface area contributed by atoms with Crippen molar-refractivity contribution >= 4 is 23.7 Å². The molecule has 1 amide bonds. The van der Waals surface area contributed by atoms with E-state index in [1.807, 2.05) is 30.3 Å². The van der Waals surface area contributed by atoms with E-state index in [-0.39, 0.29) is 38.4 Å². The van der Waals surface area contributed by atoms with E-state index < -0.39 is 17.6 Å². The van der Waals surface area contributed by atoms with Crippen molar-refractivity contribution in [3.63, 3.8) is 0 Å². The number of unbranched alkanes of at least 4 members (excludes halogenated alkanes) is 1. The van der Waals surface area contributed by atoms with Crippen LogP contribution in [0.4, 0.5) is 4.79 Å². The number of carbonyl (C=O) groups excluding carboxylic acids is 2. The molecule has 180 valence electrons. The first-order chi connectivity index (χ1) is 16.0. The summed E-state index contributed by atoms with van der Waals surface area (Å²) in [6.45, 7) is 3.86. The first kappa shape index (κ1) is 26.5. The molecular weight excluding hydrogens is 446 g/mol. The Morgan fingerprint density at radius 2 is 1.67 bits per heavy atom. The Morgan fingerprint density at radius 1 is 0.970 bits per heavy atom. The molecule has 0 saturated carbocycles. The molecule has 0 aliphatic carbocycles. The number of ether oxygens (including phenoxy) is 2. The molecule has 0 bridgehead atoms. The lowest BCUT2D eigenvalue weighted by atomic mass is 9.87. The zero-order chi connectivity index (χ0) is 24.1. The minimum atomic E-state index is -1.46. The maximum absolute atomic E-state index is 13.3. The average Bonchev–Trinajstić information content (AvgIpc) is 2.83. The molecule has 2 rings (SSSR count). The van der Waals surface area contributed by atoms with Crippen LogP contribution in [-0.4, -0.2) is 46.9 Å². The van der Waals surface area contributed by atoms with Crippen LogP contribution in [0.5, 0.6) is 5.75 Å². The molecule has 2 aromatic carbocycles. The summed E-state index contributed by atoms with van der Waals surface area (Å²) >= 11 is 5.77. The second kappa shape index (κ2) is 13.7. The van der Waals surface area contributed by atoms with Crippen molar-refractivity contribution in [1.82, 2.24) is 5.06 Å². The van der Waals surface area contributed by atoms with Crippen molar-refractivity contribution in [2.75, 3.05) is 19.1 Å². The summed E-state index contributed by atoms with van der Waals surface area (Å²) in [7, 11) is 0. The smallest absolute Gasteiger partial charge is 0.435 e. The molecule has 1 N–H and O–H groups in total. The number of hydrogen-bond acceptors (Lipinski definition) is 6. The SMILES string of the molecule is CCOC(=O)[C@](CC)(Cc1ccc(O)cc1)N(OCCCCCl)C(=O)OCc1ccccc1. The van der Waals surface area contributed by atoms with Crippen LogP contribution in [0.1, 0.15) is 44.2 Å². The Balaban J connectivity index is 2.36. The fraction of sp³-hybridized carbons (Fsp3) is 0.440. The lowest BCUT2D eigenvalue weighted by molar-refractivity contribution is -0.215. The number of hydrogen-bond donors (Lipinski definition) is 1. The lowest BCUT2D eigenvalue weighted by Crippen LogP contribution is -2.59. The molecule has 0 aliphatic rings. The quantitative estimate of drug-likeness (QED) is 0.184. The minimum absolute atomic E-state index is 0.0308. The number of alkyl halides is 1. The number of esters is 1. The van der Waals surface area contributed by atoms with Crippen LogP contribution in [-0.2, 0) is 32.1 Å². The topological polar surface area (TPSA) is 85.3 Å². The molecule has 0 aliphatic heterocycles. The van der Waals surface area contributed by atoms with Crippen LogP contribution in [0.3, 0.4) is 0 Å². The molecule has 0 saturated heterocycles. The van der Waals surface area contributed by atoms with Gasteiger partial charge in [-0.2, -0.15) is 5.06 Å². The van der Waals surface area contributed by atoms with E-state index in [1.165, 1.54) is 12.1 Å². The van der Waals surface area contributed by atoms with Crippen molar-refractivity contribution < 1.29 is 29.0 Å². The second-order valence-corrected chi connectivity index (χ2v) is 7.89. The van der Waals surface area contributed by atoms with E-state index in [4.69, 9.17) is 25.9 Å². The minimum Gasteiger partial charge on any atom is -0.508 e. The summed E-state index contributed by atoms with van der Waals surface area (Å²) in [5, 5.41) is 10.7. The number of halogens is 1. The molecule has 2 aromatic rings. The average molecular weight is 478 g/mol. The van der Waals surface area contributed by atoms with Crippen LogP contribution < -0.4 is 0 Å². The van der Waals surface area contributed by atoms with Gasteiger partial charge in [-0.15, -0.1) is 11.6 Å². The Morgan fingerprint density at radius 3 is 2.27 bits per heavy atom. The molecule has 0 aromatic heterocycles. The first-order valence-corrected chi connectivity index (χ1v) is 11.6. The van der Waals surface area contributed by atoms with Gasteiger partial charge in [-0.1, -0.05) is 49.4 Å². The number of amides is 1. The normalized spacial score (nSPS) is 12.6. The highest BCUT2D eigenvalue weighted by molar-refractivity contribution is 6.17. The highest BCUT2D eigenvalue weighted by Crippen LogP contribution is 2.30. The molecule has 0 fully saturated rings. The highest BCUT2D eigenvalue weighted by Gasteiger charge is 2.49. The molecule has 0 unspecified atom stereocenters. The van der Waals surface area contributed by atoms with Crippen molar-refractivity contribution in [1.29, 1.82) is 0 Å². The Bertz CT molecular complexity index is 861. The van der Waals surface area contributed by atoms with Gasteiger partial charge >= 0.3 is 12.1 Å². The lowest BCUT2D eigenvalue weighted by Gasteiger charge is -2.39. The van der Waals surface area contributed by atoms with Gasteiger partial charge in [0, 0.05) is 12.3 Å². The summed E-state index contributed by atoms with van der Waals surface area (Å²) in [6, 6.07) is 15.7. The highest BCUT2D eigenvalue weighted by atomic mass is 35.5. The fourth-order valence-electron chi connectivity index (χ4n) is 3.34. The first-order valence-electron chi connectivity index (χ1n) is 11.1. The molecule has 0 heterocycles. The van der Waals surface area contributed by atoms with E-state index in [2.05, 4.69) is 0 Å². The van der Waals surface area contributed by atoms with Gasteiger partial charge in [0.15, 0.2) is 5.54 Å². The van der Waals surface area contributed by atoms with Crippen LogP contribution in [0.2, 0.25) is 0 Å². The van der Waals surface area contributed by atoms with Crippen molar-refractivity contribution in [3.8, 4) is 5.75 Å². The largest absolute Gasteiger partial charge is 0.508 e. The number of rotatable bonds is 13. The van der Waals surface area contributed by atoms with Gasteiger partial charge in [0.1, 0.15) is 12.4 Å². The van der Waals surface area contributed by atoms with E-state index in [1.54, 1.807) is 26.0 Å². The third-order valence-corrected chi connectivity index (χ3v) is 5.45. The van der Waals surface area contributed by atoms with Gasteiger partial charge in [0.25, 0.3) is 0 Å². The van der Waals surface area contributed by atoms with Gasteiger partial charge in [-0.3, -0.25) is 4.84 Å². The van der Waals surface area contributed by atoms with E-state index >= 15 is 0 Å². The predicted octanol–water partition coefficient (Wildman–Crippen LogP) is 5.24. The zero-order valence-corrected chi connectivity index (χ0v) is 19.9. The van der Waals surface area contributed by atoms with Gasteiger partial charge < -0.3 is 14.6 Å². The molecule has 7 nitrogen and oxygen atoms in total. The summed E-state index contributed by atoms with van der Waals surface area (Å²) in [4.78, 5) is 32.4. The predicted molar refractivity (Wildman–Crippen MR) is 126 cm³/mol. The van der Waals surface area contributed by atoms with Gasteiger partial charge in [0.2, 0.25) is 0 Å². The van der Waals surface area contributed by atoms with Crippen LogP contribution in [0, 0.1) is 0 Å². The van der Waals surface area contributed by atoms with Gasteiger partial charge in [-0.25, -0.2) is 9.59 Å². The third-order valence-electron chi connectivity index (χ3n) is 5.18. The third kappa shape index (κ3) is 7.65. The maximum atomic E-state index is 13.3. The number of phenols is 1.